The summed E-state index contributed by atoms with van der Waals surface area (Å²) in [6, 6.07) is 4.82. The molecule has 0 spiro atoms. The van der Waals surface area contributed by atoms with Crippen LogP contribution in [0.15, 0.2) is 35.8 Å². The van der Waals surface area contributed by atoms with Crippen molar-refractivity contribution in [2.75, 3.05) is 18.0 Å². The van der Waals surface area contributed by atoms with Gasteiger partial charge in [0.05, 0.1) is 5.56 Å². The Kier molecular flexibility index (Phi) is 6.11. The van der Waals surface area contributed by atoms with Gasteiger partial charge in [0, 0.05) is 13.1 Å². The number of aromatic nitrogens is 2. The molecule has 1 aliphatic heterocycles. The van der Waals surface area contributed by atoms with Crippen molar-refractivity contribution in [1.82, 2.24) is 9.97 Å². The molecule has 0 unspecified atom stereocenters. The molecule has 0 amide bonds. The Balaban J connectivity index is 1.75. The van der Waals surface area contributed by atoms with Gasteiger partial charge >= 0.3 is 6.18 Å². The van der Waals surface area contributed by atoms with Gasteiger partial charge in [0.15, 0.2) is 5.82 Å². The van der Waals surface area contributed by atoms with Crippen LogP contribution >= 0.6 is 0 Å². The maximum atomic E-state index is 12.8. The molecule has 1 aromatic carbocycles. The zero-order chi connectivity index (χ0) is 20.1. The molecule has 9 heteroatoms. The van der Waals surface area contributed by atoms with Crippen molar-refractivity contribution in [3.63, 3.8) is 0 Å². The molecule has 6 nitrogen and oxygen atoms in total. The molecule has 0 N–H and O–H groups in total. The van der Waals surface area contributed by atoms with Crippen LogP contribution in [0.4, 0.5) is 24.7 Å². The normalized spacial score (nSPS) is 15.5. The second kappa shape index (κ2) is 8.53. The zero-order valence-corrected chi connectivity index (χ0v) is 15.4. The van der Waals surface area contributed by atoms with E-state index in [9.17, 15) is 18.1 Å². The van der Waals surface area contributed by atoms with E-state index in [1.807, 2.05) is 4.90 Å². The minimum Gasteiger partial charge on any atom is -0.471 e. The lowest BCUT2D eigenvalue weighted by atomic mass is 9.94. The van der Waals surface area contributed by atoms with Crippen molar-refractivity contribution in [3.05, 3.63) is 46.6 Å². The van der Waals surface area contributed by atoms with Gasteiger partial charge in [-0.05, 0) is 41.6 Å². The predicted octanol–water partition coefficient (Wildman–Crippen LogP) is 5.10. The average Bonchev–Trinajstić information content (AvgIpc) is 2.71. The van der Waals surface area contributed by atoms with E-state index >= 15 is 0 Å². The van der Waals surface area contributed by atoms with E-state index < -0.39 is 11.7 Å². The molecule has 2 aromatic rings. The van der Waals surface area contributed by atoms with Crippen LogP contribution in [0, 0.1) is 10.8 Å². The summed E-state index contributed by atoms with van der Waals surface area (Å²) in [6.45, 7) is 3.50. The van der Waals surface area contributed by atoms with Crippen LogP contribution in [-0.2, 0) is 12.8 Å². The van der Waals surface area contributed by atoms with Gasteiger partial charge in [-0.25, -0.2) is 4.98 Å². The second-order valence-corrected chi connectivity index (χ2v) is 6.77. The smallest absolute Gasteiger partial charge is 0.416 e. The second-order valence-electron chi connectivity index (χ2n) is 6.77. The Labute approximate surface area is 160 Å². The first-order valence-electron chi connectivity index (χ1n) is 9.14. The van der Waals surface area contributed by atoms with E-state index in [1.54, 1.807) is 0 Å². The largest absolute Gasteiger partial charge is 0.471 e. The number of benzene rings is 1. The van der Waals surface area contributed by atoms with Crippen molar-refractivity contribution < 1.29 is 17.9 Å². The van der Waals surface area contributed by atoms with E-state index in [0.29, 0.717) is 17.3 Å². The fourth-order valence-corrected chi connectivity index (χ4v) is 3.31. The highest BCUT2D eigenvalue weighted by Gasteiger charge is 2.30. The third kappa shape index (κ3) is 4.58. The van der Waals surface area contributed by atoms with Gasteiger partial charge in [-0.2, -0.15) is 18.2 Å². The van der Waals surface area contributed by atoms with Crippen LogP contribution < -0.4 is 9.64 Å². The number of hydrogen-bond acceptors (Lipinski definition) is 6. The molecule has 0 atom stereocenters. The number of piperidine rings is 1. The Morgan fingerprint density at radius 2 is 2.00 bits per heavy atom. The minimum atomic E-state index is -4.43. The van der Waals surface area contributed by atoms with Gasteiger partial charge in [0.1, 0.15) is 12.9 Å². The monoisotopic (exact) mass is 394 g/mol. The molecule has 1 aliphatic rings. The average molecular weight is 394 g/mol. The van der Waals surface area contributed by atoms with Gasteiger partial charge in [0.2, 0.25) is 11.6 Å². The lowest BCUT2D eigenvalue weighted by Crippen LogP contribution is -2.34. The van der Waals surface area contributed by atoms with E-state index in [-0.39, 0.29) is 18.2 Å². The van der Waals surface area contributed by atoms with E-state index in [4.69, 9.17) is 4.74 Å². The predicted molar refractivity (Wildman–Crippen MR) is 98.5 cm³/mol. The minimum absolute atomic E-state index is 0.0237. The van der Waals surface area contributed by atoms with E-state index in [1.165, 1.54) is 18.5 Å². The molecule has 3 rings (SSSR count). The van der Waals surface area contributed by atoms with Crippen LogP contribution in [-0.4, -0.2) is 23.1 Å². The number of nitroso groups, excluding NO2 is 1. The Morgan fingerprint density at radius 3 is 2.64 bits per heavy atom. The summed E-state index contributed by atoms with van der Waals surface area (Å²) >= 11 is 0. The Hall–Kier alpha value is -2.71. The van der Waals surface area contributed by atoms with E-state index in [2.05, 4.69) is 22.1 Å². The Morgan fingerprint density at radius 1 is 1.25 bits per heavy atom. The number of hydrogen-bond donors (Lipinski definition) is 0. The summed E-state index contributed by atoms with van der Waals surface area (Å²) in [6.07, 6.45) is -0.0458. The van der Waals surface area contributed by atoms with Crippen LogP contribution in [0.2, 0.25) is 0 Å². The lowest BCUT2D eigenvalue weighted by molar-refractivity contribution is -0.137. The summed E-state index contributed by atoms with van der Waals surface area (Å²) in [5.41, 5.74) is -0.468. The van der Waals surface area contributed by atoms with Gasteiger partial charge < -0.3 is 9.64 Å². The first-order valence-corrected chi connectivity index (χ1v) is 9.14. The summed E-state index contributed by atoms with van der Waals surface area (Å²) in [5, 5.41) is 3.03. The summed E-state index contributed by atoms with van der Waals surface area (Å²) in [5.74, 6) is 1.02. The maximum absolute atomic E-state index is 12.8. The molecule has 1 fully saturated rings. The molecule has 0 radical (unpaired) electrons. The van der Waals surface area contributed by atoms with Crippen LogP contribution in [0.1, 0.15) is 37.3 Å². The van der Waals surface area contributed by atoms with Crippen LogP contribution in [0.25, 0.3) is 0 Å². The summed E-state index contributed by atoms with van der Waals surface area (Å²) in [7, 11) is 0. The topological polar surface area (TPSA) is 67.7 Å². The molecule has 0 saturated carbocycles. The quantitative estimate of drug-likeness (QED) is 0.638. The lowest BCUT2D eigenvalue weighted by Gasteiger charge is -2.32. The SMILES string of the molecule is CCC1CCN(c2ncnc(OCc3cccc(C(F)(F)F)c3)c2N=O)CC1. The molecular weight excluding hydrogens is 373 g/mol. The number of ether oxygens (including phenoxy) is 1. The number of anilines is 1. The van der Waals surface area contributed by atoms with Crippen molar-refractivity contribution in [3.8, 4) is 5.88 Å². The van der Waals surface area contributed by atoms with Gasteiger partial charge in [-0.3, -0.25) is 0 Å². The van der Waals surface area contributed by atoms with Gasteiger partial charge in [-0.15, -0.1) is 4.91 Å². The third-order valence-electron chi connectivity index (χ3n) is 4.98. The molecule has 28 heavy (non-hydrogen) atoms. The Bertz CT molecular complexity index is 821. The first-order chi connectivity index (χ1) is 13.4. The molecular formula is C19H21F3N4O2. The van der Waals surface area contributed by atoms with Crippen molar-refractivity contribution >= 4 is 11.5 Å². The third-order valence-corrected chi connectivity index (χ3v) is 4.98. The van der Waals surface area contributed by atoms with Gasteiger partial charge in [-0.1, -0.05) is 25.5 Å². The highest BCUT2D eigenvalue weighted by atomic mass is 19.4. The number of nitrogens with zero attached hydrogens (tertiary/aromatic N) is 4. The molecule has 0 aliphatic carbocycles. The van der Waals surface area contributed by atoms with Crippen LogP contribution in [0.3, 0.4) is 0 Å². The molecule has 2 heterocycles. The fourth-order valence-electron chi connectivity index (χ4n) is 3.31. The van der Waals surface area contributed by atoms with Gasteiger partial charge in [0.25, 0.3) is 0 Å². The molecule has 1 aromatic heterocycles. The standard InChI is InChI=1S/C19H21F3N4O2/c1-2-13-6-8-26(9-7-13)17-16(25-27)18(24-12-23-17)28-11-14-4-3-5-15(10-14)19(20,21)22/h3-5,10,12-13H,2,6-9,11H2,1H3. The van der Waals surface area contributed by atoms with Crippen molar-refractivity contribution in [2.24, 2.45) is 11.1 Å². The fraction of sp³-hybridized carbons (Fsp3) is 0.474. The van der Waals surface area contributed by atoms with Crippen LogP contribution in [0.5, 0.6) is 5.88 Å². The van der Waals surface area contributed by atoms with Crippen molar-refractivity contribution in [1.29, 1.82) is 0 Å². The maximum Gasteiger partial charge on any atom is 0.416 e. The van der Waals surface area contributed by atoms with Crippen molar-refractivity contribution in [2.45, 2.75) is 39.0 Å². The zero-order valence-electron chi connectivity index (χ0n) is 15.4. The first kappa shape index (κ1) is 20.0. The molecule has 1 saturated heterocycles. The molecule has 150 valence electrons. The number of halogens is 3. The number of rotatable bonds is 6. The molecule has 0 bridgehead atoms. The highest BCUT2D eigenvalue weighted by molar-refractivity contribution is 5.67. The summed E-state index contributed by atoms with van der Waals surface area (Å²) < 4.78 is 44.0. The highest BCUT2D eigenvalue weighted by Crippen LogP contribution is 2.36. The van der Waals surface area contributed by atoms with E-state index in [0.717, 1.165) is 44.5 Å². The number of alkyl halides is 3. The summed E-state index contributed by atoms with van der Waals surface area (Å²) in [4.78, 5) is 21.5.